The van der Waals surface area contributed by atoms with E-state index in [0.29, 0.717) is 19.1 Å². The molecule has 0 radical (unpaired) electrons. The van der Waals surface area contributed by atoms with Crippen LogP contribution in [-0.4, -0.2) is 50.9 Å². The van der Waals surface area contributed by atoms with Crippen LogP contribution in [0.15, 0.2) is 0 Å². The number of nitrogens with one attached hydrogen (secondary N) is 1. The Balaban J connectivity index is 2.01. The van der Waals surface area contributed by atoms with E-state index >= 15 is 0 Å². The van der Waals surface area contributed by atoms with Crippen LogP contribution in [0.25, 0.3) is 0 Å². The highest BCUT2D eigenvalue weighted by atomic mass is 16.3. The zero-order valence-electron chi connectivity index (χ0n) is 14.8. The van der Waals surface area contributed by atoms with Gasteiger partial charge in [-0.15, -0.1) is 0 Å². The van der Waals surface area contributed by atoms with Gasteiger partial charge in [0, 0.05) is 19.6 Å². The molecule has 1 aromatic heterocycles. The van der Waals surface area contributed by atoms with Gasteiger partial charge in [-0.2, -0.15) is 5.10 Å². The van der Waals surface area contributed by atoms with Gasteiger partial charge in [0.05, 0.1) is 29.7 Å². The van der Waals surface area contributed by atoms with Gasteiger partial charge < -0.3 is 10.4 Å². The fourth-order valence-electron chi connectivity index (χ4n) is 3.45. The van der Waals surface area contributed by atoms with Crippen LogP contribution in [0.3, 0.4) is 0 Å². The van der Waals surface area contributed by atoms with Gasteiger partial charge in [-0.3, -0.25) is 14.4 Å². The first kappa shape index (κ1) is 17.9. The molecule has 1 fully saturated rings. The lowest BCUT2D eigenvalue weighted by atomic mass is 9.94. The number of anilines is 1. The third-order valence-corrected chi connectivity index (χ3v) is 4.71. The van der Waals surface area contributed by atoms with Gasteiger partial charge in [0.15, 0.2) is 0 Å². The fourth-order valence-corrected chi connectivity index (χ4v) is 3.45. The molecule has 1 saturated carbocycles. The Hall–Kier alpha value is -1.40. The quantitative estimate of drug-likeness (QED) is 0.840. The fraction of sp³-hybridized carbons (Fsp3) is 0.765. The van der Waals surface area contributed by atoms with Crippen LogP contribution in [0.1, 0.15) is 50.4 Å². The molecule has 2 N–H and O–H groups in total. The minimum atomic E-state index is -0.424. The van der Waals surface area contributed by atoms with Crippen LogP contribution in [-0.2, 0) is 11.8 Å². The number of aryl methyl sites for hydroxylation is 2. The third-order valence-electron chi connectivity index (χ3n) is 4.71. The molecule has 1 aromatic rings. The zero-order chi connectivity index (χ0) is 17.0. The molecular formula is C17H30N4O2. The maximum Gasteiger partial charge on any atom is 0.238 e. The summed E-state index contributed by atoms with van der Waals surface area (Å²) in [6.07, 6.45) is 5.51. The minimum Gasteiger partial charge on any atom is -0.392 e. The summed E-state index contributed by atoms with van der Waals surface area (Å²) in [6, 6.07) is 0.403. The van der Waals surface area contributed by atoms with Crippen molar-refractivity contribution in [2.75, 3.05) is 18.4 Å². The SMILES string of the molecule is Cc1nn(C)c(C)c1NC(=O)CN(CC(C)O)C1CCCCC1. The molecule has 6 nitrogen and oxygen atoms in total. The first-order valence-corrected chi connectivity index (χ1v) is 8.60. The Labute approximate surface area is 138 Å². The lowest BCUT2D eigenvalue weighted by Crippen LogP contribution is -2.45. The molecule has 1 heterocycles. The number of aliphatic hydroxyl groups excluding tert-OH is 1. The molecule has 1 unspecified atom stereocenters. The number of carbonyl (C=O) groups is 1. The number of hydrogen-bond acceptors (Lipinski definition) is 4. The van der Waals surface area contributed by atoms with E-state index < -0.39 is 6.10 Å². The Morgan fingerprint density at radius 1 is 1.39 bits per heavy atom. The summed E-state index contributed by atoms with van der Waals surface area (Å²) in [6.45, 7) is 6.50. The third kappa shape index (κ3) is 4.78. The van der Waals surface area contributed by atoms with Gasteiger partial charge in [-0.1, -0.05) is 19.3 Å². The second-order valence-corrected chi connectivity index (χ2v) is 6.79. The number of rotatable bonds is 6. The second kappa shape index (κ2) is 7.93. The smallest absolute Gasteiger partial charge is 0.238 e. The van der Waals surface area contributed by atoms with E-state index in [1.165, 1.54) is 19.3 Å². The predicted molar refractivity (Wildman–Crippen MR) is 91.4 cm³/mol. The van der Waals surface area contributed by atoms with Crippen molar-refractivity contribution < 1.29 is 9.90 Å². The Kier molecular flexibility index (Phi) is 6.18. The molecule has 0 bridgehead atoms. The van der Waals surface area contributed by atoms with Crippen LogP contribution in [0, 0.1) is 13.8 Å². The van der Waals surface area contributed by atoms with Crippen molar-refractivity contribution in [1.29, 1.82) is 0 Å². The summed E-state index contributed by atoms with van der Waals surface area (Å²) in [4.78, 5) is 14.6. The number of nitrogens with zero attached hydrogens (tertiary/aromatic N) is 3. The molecule has 1 aliphatic rings. The molecule has 0 aliphatic heterocycles. The maximum absolute atomic E-state index is 12.5. The summed E-state index contributed by atoms with van der Waals surface area (Å²) >= 11 is 0. The topological polar surface area (TPSA) is 70.4 Å². The van der Waals surface area contributed by atoms with E-state index in [1.807, 2.05) is 20.9 Å². The van der Waals surface area contributed by atoms with Gasteiger partial charge in [0.2, 0.25) is 5.91 Å². The van der Waals surface area contributed by atoms with Crippen LogP contribution in [0.4, 0.5) is 5.69 Å². The predicted octanol–water partition coefficient (Wildman–Crippen LogP) is 1.99. The molecule has 0 saturated heterocycles. The minimum absolute atomic E-state index is 0.0320. The molecule has 130 valence electrons. The number of amides is 1. The van der Waals surface area contributed by atoms with Crippen molar-refractivity contribution in [2.45, 2.75) is 65.0 Å². The van der Waals surface area contributed by atoms with Gasteiger partial charge >= 0.3 is 0 Å². The number of aliphatic hydroxyl groups is 1. The highest BCUT2D eigenvalue weighted by Crippen LogP contribution is 2.23. The van der Waals surface area contributed by atoms with E-state index in [9.17, 15) is 9.90 Å². The van der Waals surface area contributed by atoms with Crippen LogP contribution >= 0.6 is 0 Å². The summed E-state index contributed by atoms with van der Waals surface area (Å²) in [5.74, 6) is -0.0320. The summed E-state index contributed by atoms with van der Waals surface area (Å²) in [5, 5.41) is 17.1. The van der Waals surface area contributed by atoms with Crippen molar-refractivity contribution in [3.8, 4) is 0 Å². The van der Waals surface area contributed by atoms with Crippen molar-refractivity contribution in [2.24, 2.45) is 7.05 Å². The maximum atomic E-state index is 12.5. The van der Waals surface area contributed by atoms with Gasteiger partial charge in [0.1, 0.15) is 0 Å². The Bertz CT molecular complexity index is 533. The number of aromatic nitrogens is 2. The molecule has 23 heavy (non-hydrogen) atoms. The number of carbonyl (C=O) groups excluding carboxylic acids is 1. The van der Waals surface area contributed by atoms with Gasteiger partial charge in [-0.05, 0) is 33.6 Å². The van der Waals surface area contributed by atoms with E-state index in [-0.39, 0.29) is 5.91 Å². The number of hydrogen-bond donors (Lipinski definition) is 2. The van der Waals surface area contributed by atoms with E-state index in [4.69, 9.17) is 0 Å². The summed E-state index contributed by atoms with van der Waals surface area (Å²) in [7, 11) is 1.87. The average Bonchev–Trinajstić information content (AvgIpc) is 2.73. The van der Waals surface area contributed by atoms with Crippen molar-refractivity contribution in [3.05, 3.63) is 11.4 Å². The van der Waals surface area contributed by atoms with Crippen molar-refractivity contribution >= 4 is 11.6 Å². The van der Waals surface area contributed by atoms with E-state index in [2.05, 4.69) is 15.3 Å². The molecule has 0 aromatic carbocycles. The van der Waals surface area contributed by atoms with E-state index in [0.717, 1.165) is 29.9 Å². The normalized spacial score (nSPS) is 17.5. The summed E-state index contributed by atoms with van der Waals surface area (Å²) in [5.41, 5.74) is 2.59. The lowest BCUT2D eigenvalue weighted by Gasteiger charge is -2.34. The Morgan fingerprint density at radius 3 is 2.57 bits per heavy atom. The molecule has 1 amide bonds. The molecule has 1 atom stereocenters. The van der Waals surface area contributed by atoms with Gasteiger partial charge in [0.25, 0.3) is 0 Å². The molecular weight excluding hydrogens is 292 g/mol. The highest BCUT2D eigenvalue weighted by Gasteiger charge is 2.24. The average molecular weight is 322 g/mol. The first-order chi connectivity index (χ1) is 10.9. The lowest BCUT2D eigenvalue weighted by molar-refractivity contribution is -0.118. The Morgan fingerprint density at radius 2 is 2.04 bits per heavy atom. The summed E-state index contributed by atoms with van der Waals surface area (Å²) < 4.78 is 1.78. The monoisotopic (exact) mass is 322 g/mol. The van der Waals surface area contributed by atoms with E-state index in [1.54, 1.807) is 11.6 Å². The molecule has 6 heteroatoms. The van der Waals surface area contributed by atoms with Crippen LogP contribution < -0.4 is 5.32 Å². The largest absolute Gasteiger partial charge is 0.392 e. The molecule has 0 spiro atoms. The first-order valence-electron chi connectivity index (χ1n) is 8.60. The molecule has 2 rings (SSSR count). The van der Waals surface area contributed by atoms with Crippen molar-refractivity contribution in [1.82, 2.24) is 14.7 Å². The standard InChI is InChI=1S/C17H30N4O2/c1-12(22)10-21(15-8-6-5-7-9-15)11-16(23)18-17-13(2)19-20(4)14(17)3/h12,15,22H,5-11H2,1-4H3,(H,18,23). The van der Waals surface area contributed by atoms with Crippen molar-refractivity contribution in [3.63, 3.8) is 0 Å². The van der Waals surface area contributed by atoms with Gasteiger partial charge in [-0.25, -0.2) is 0 Å². The van der Waals surface area contributed by atoms with Crippen LogP contribution in [0.5, 0.6) is 0 Å². The van der Waals surface area contributed by atoms with Crippen LogP contribution in [0.2, 0.25) is 0 Å². The second-order valence-electron chi connectivity index (χ2n) is 6.79. The highest BCUT2D eigenvalue weighted by molar-refractivity contribution is 5.93. The zero-order valence-corrected chi connectivity index (χ0v) is 14.8. The molecule has 1 aliphatic carbocycles.